The normalized spacial score (nSPS) is 12.8. The Kier molecular flexibility index (Phi) is 6.13. The lowest BCUT2D eigenvalue weighted by Crippen LogP contribution is -2.31. The minimum absolute atomic E-state index is 0.0568. The van der Waals surface area contributed by atoms with Gasteiger partial charge in [0.05, 0.1) is 0 Å². The number of nitrogen functional groups attached to an aromatic ring is 1. The van der Waals surface area contributed by atoms with E-state index in [1.54, 1.807) is 12.2 Å². The molecule has 0 saturated heterocycles. The molecule has 0 heterocycles. The molecule has 1 atom stereocenters. The largest absolute Gasteiger partial charge is 0.399 e. The van der Waals surface area contributed by atoms with Gasteiger partial charge in [-0.05, 0) is 49.5 Å². The Labute approximate surface area is 115 Å². The molecule has 0 radical (unpaired) electrons. The summed E-state index contributed by atoms with van der Waals surface area (Å²) in [6, 6.07) is 7.66. The monoisotopic (exact) mass is 260 g/mol. The van der Waals surface area contributed by atoms with Gasteiger partial charge in [-0.15, -0.1) is 0 Å². The van der Waals surface area contributed by atoms with Gasteiger partial charge in [0, 0.05) is 17.8 Å². The molecule has 0 spiro atoms. The second kappa shape index (κ2) is 7.62. The van der Waals surface area contributed by atoms with E-state index in [-0.39, 0.29) is 11.9 Å². The molecule has 1 aromatic carbocycles. The van der Waals surface area contributed by atoms with Crippen molar-refractivity contribution >= 4 is 17.7 Å². The Morgan fingerprint density at radius 3 is 2.68 bits per heavy atom. The van der Waals surface area contributed by atoms with Crippen LogP contribution in [0.1, 0.15) is 39.2 Å². The van der Waals surface area contributed by atoms with Gasteiger partial charge < -0.3 is 11.1 Å². The van der Waals surface area contributed by atoms with Gasteiger partial charge in [0.25, 0.3) is 0 Å². The number of carbonyl (C=O) groups excluding carboxylic acids is 1. The van der Waals surface area contributed by atoms with Gasteiger partial charge in [-0.25, -0.2) is 0 Å². The Morgan fingerprint density at radius 1 is 1.32 bits per heavy atom. The summed E-state index contributed by atoms with van der Waals surface area (Å²) in [7, 11) is 0. The molecule has 0 saturated carbocycles. The van der Waals surface area contributed by atoms with Crippen molar-refractivity contribution in [2.75, 3.05) is 5.73 Å². The number of amides is 1. The summed E-state index contributed by atoms with van der Waals surface area (Å²) in [5.41, 5.74) is 7.32. The van der Waals surface area contributed by atoms with E-state index in [1.807, 2.05) is 31.2 Å². The molecule has 0 aliphatic heterocycles. The zero-order valence-corrected chi connectivity index (χ0v) is 12.0. The van der Waals surface area contributed by atoms with Crippen molar-refractivity contribution < 1.29 is 4.79 Å². The van der Waals surface area contributed by atoms with Gasteiger partial charge in [-0.3, -0.25) is 4.79 Å². The fourth-order valence-electron chi connectivity index (χ4n) is 1.78. The Balaban J connectivity index is 2.42. The molecule has 1 amide bonds. The van der Waals surface area contributed by atoms with Gasteiger partial charge in [-0.2, -0.15) is 0 Å². The minimum Gasteiger partial charge on any atom is -0.399 e. The number of hydrogen-bond acceptors (Lipinski definition) is 2. The van der Waals surface area contributed by atoms with E-state index in [4.69, 9.17) is 5.73 Å². The summed E-state index contributed by atoms with van der Waals surface area (Å²) in [6.07, 6.45) is 5.47. The number of hydrogen-bond donors (Lipinski definition) is 2. The Hall–Kier alpha value is -1.77. The lowest BCUT2D eigenvalue weighted by molar-refractivity contribution is -0.117. The third kappa shape index (κ3) is 6.65. The van der Waals surface area contributed by atoms with Crippen LogP contribution in [0, 0.1) is 5.92 Å². The molecular weight excluding hydrogens is 236 g/mol. The molecule has 0 aromatic heterocycles. The fraction of sp³-hybridized carbons (Fsp3) is 0.438. The Bertz CT molecular complexity index is 438. The average molecular weight is 260 g/mol. The van der Waals surface area contributed by atoms with E-state index < -0.39 is 0 Å². The maximum atomic E-state index is 11.7. The molecule has 0 fully saturated rings. The second-order valence-electron chi connectivity index (χ2n) is 5.38. The third-order valence-corrected chi connectivity index (χ3v) is 2.90. The van der Waals surface area contributed by atoms with Gasteiger partial charge in [0.15, 0.2) is 0 Å². The molecular formula is C16H24N2O. The maximum Gasteiger partial charge on any atom is 0.244 e. The van der Waals surface area contributed by atoms with Crippen LogP contribution in [0.2, 0.25) is 0 Å². The Morgan fingerprint density at radius 2 is 2.05 bits per heavy atom. The molecule has 104 valence electrons. The molecule has 3 nitrogen and oxygen atoms in total. The maximum absolute atomic E-state index is 11.7. The zero-order chi connectivity index (χ0) is 14.3. The SMILES string of the molecule is CC(C)CCC(C)NC(=O)/C=C/c1cccc(N)c1. The summed E-state index contributed by atoms with van der Waals surface area (Å²) in [4.78, 5) is 11.7. The molecule has 0 aliphatic rings. The van der Waals surface area contributed by atoms with Gasteiger partial charge >= 0.3 is 0 Å². The first-order chi connectivity index (χ1) is 8.97. The quantitative estimate of drug-likeness (QED) is 0.609. The highest BCUT2D eigenvalue weighted by Gasteiger charge is 2.05. The van der Waals surface area contributed by atoms with Crippen LogP contribution in [0.15, 0.2) is 30.3 Å². The van der Waals surface area contributed by atoms with Crippen molar-refractivity contribution in [2.45, 2.75) is 39.7 Å². The first kappa shape index (κ1) is 15.3. The topological polar surface area (TPSA) is 55.1 Å². The number of benzene rings is 1. The lowest BCUT2D eigenvalue weighted by atomic mass is 10.0. The number of rotatable bonds is 6. The van der Waals surface area contributed by atoms with E-state index in [1.165, 1.54) is 0 Å². The van der Waals surface area contributed by atoms with Gasteiger partial charge in [-0.1, -0.05) is 26.0 Å². The van der Waals surface area contributed by atoms with E-state index in [2.05, 4.69) is 19.2 Å². The van der Waals surface area contributed by atoms with Crippen LogP contribution in [-0.2, 0) is 4.79 Å². The standard InChI is InChI=1S/C16H24N2O/c1-12(2)7-8-13(3)18-16(19)10-9-14-5-4-6-15(17)11-14/h4-6,9-13H,7-8,17H2,1-3H3,(H,18,19)/b10-9+. The first-order valence-corrected chi connectivity index (χ1v) is 6.81. The van der Waals surface area contributed by atoms with Crippen molar-refractivity contribution in [1.29, 1.82) is 0 Å². The van der Waals surface area contributed by atoms with Crippen LogP contribution in [0.4, 0.5) is 5.69 Å². The first-order valence-electron chi connectivity index (χ1n) is 6.81. The number of carbonyl (C=O) groups is 1. The van der Waals surface area contributed by atoms with E-state index in [0.717, 1.165) is 18.4 Å². The fourth-order valence-corrected chi connectivity index (χ4v) is 1.78. The lowest BCUT2D eigenvalue weighted by Gasteiger charge is -2.13. The van der Waals surface area contributed by atoms with Crippen LogP contribution in [0.5, 0.6) is 0 Å². The number of anilines is 1. The molecule has 0 bridgehead atoms. The van der Waals surface area contributed by atoms with Crippen molar-refractivity contribution in [3.05, 3.63) is 35.9 Å². The van der Waals surface area contributed by atoms with Crippen molar-refractivity contribution in [3.63, 3.8) is 0 Å². The number of nitrogens with one attached hydrogen (secondary N) is 1. The van der Waals surface area contributed by atoms with Crippen molar-refractivity contribution in [2.24, 2.45) is 5.92 Å². The van der Waals surface area contributed by atoms with E-state index in [9.17, 15) is 4.79 Å². The van der Waals surface area contributed by atoms with Crippen LogP contribution < -0.4 is 11.1 Å². The van der Waals surface area contributed by atoms with Gasteiger partial charge in [0.2, 0.25) is 5.91 Å². The summed E-state index contributed by atoms with van der Waals surface area (Å²) < 4.78 is 0. The minimum atomic E-state index is -0.0568. The van der Waals surface area contributed by atoms with Crippen molar-refractivity contribution in [1.82, 2.24) is 5.32 Å². The summed E-state index contributed by atoms with van der Waals surface area (Å²) in [5.74, 6) is 0.612. The van der Waals surface area contributed by atoms with Crippen LogP contribution in [0.25, 0.3) is 6.08 Å². The highest BCUT2D eigenvalue weighted by Crippen LogP contribution is 2.08. The smallest absolute Gasteiger partial charge is 0.244 e. The predicted octanol–water partition coefficient (Wildman–Crippen LogP) is 3.22. The molecule has 1 aromatic rings. The third-order valence-electron chi connectivity index (χ3n) is 2.90. The van der Waals surface area contributed by atoms with E-state index in [0.29, 0.717) is 11.6 Å². The number of nitrogens with two attached hydrogens (primary N) is 1. The van der Waals surface area contributed by atoms with Crippen LogP contribution >= 0.6 is 0 Å². The summed E-state index contributed by atoms with van der Waals surface area (Å²) >= 11 is 0. The summed E-state index contributed by atoms with van der Waals surface area (Å²) in [6.45, 7) is 6.41. The highest BCUT2D eigenvalue weighted by atomic mass is 16.1. The predicted molar refractivity (Wildman–Crippen MR) is 81.6 cm³/mol. The second-order valence-corrected chi connectivity index (χ2v) is 5.38. The molecule has 19 heavy (non-hydrogen) atoms. The van der Waals surface area contributed by atoms with Gasteiger partial charge in [0.1, 0.15) is 0 Å². The van der Waals surface area contributed by atoms with Crippen molar-refractivity contribution in [3.8, 4) is 0 Å². The molecule has 1 rings (SSSR count). The molecule has 3 N–H and O–H groups in total. The van der Waals surface area contributed by atoms with Crippen LogP contribution in [-0.4, -0.2) is 11.9 Å². The summed E-state index contributed by atoms with van der Waals surface area (Å²) in [5, 5.41) is 2.96. The highest BCUT2D eigenvalue weighted by molar-refractivity contribution is 5.91. The zero-order valence-electron chi connectivity index (χ0n) is 12.0. The molecule has 1 unspecified atom stereocenters. The average Bonchev–Trinajstić information content (AvgIpc) is 2.34. The van der Waals surface area contributed by atoms with Crippen LogP contribution in [0.3, 0.4) is 0 Å². The molecule has 0 aliphatic carbocycles. The van der Waals surface area contributed by atoms with E-state index >= 15 is 0 Å². The molecule has 3 heteroatoms.